The number of aryl methyl sites for hydroxylation is 1. The van der Waals surface area contributed by atoms with Crippen molar-refractivity contribution in [1.82, 2.24) is 5.43 Å². The lowest BCUT2D eigenvalue weighted by Crippen LogP contribution is -2.27. The van der Waals surface area contributed by atoms with Gasteiger partial charge in [0.1, 0.15) is 5.76 Å². The van der Waals surface area contributed by atoms with Crippen molar-refractivity contribution in [3.63, 3.8) is 0 Å². The molecule has 1 aromatic carbocycles. The number of amides is 3. The first-order valence-corrected chi connectivity index (χ1v) is 8.85. The van der Waals surface area contributed by atoms with Crippen molar-refractivity contribution in [3.8, 4) is 0 Å². The Hall–Kier alpha value is -2.36. The second kappa shape index (κ2) is 7.26. The Bertz CT molecular complexity index is 856. The number of hydrogen-bond acceptors (Lipinski definition) is 4. The third-order valence-electron chi connectivity index (χ3n) is 3.94. The van der Waals surface area contributed by atoms with Gasteiger partial charge in [0.15, 0.2) is 5.76 Å². The van der Waals surface area contributed by atoms with Gasteiger partial charge in [-0.1, -0.05) is 0 Å². The number of benzene rings is 1. The summed E-state index contributed by atoms with van der Waals surface area (Å²) in [5.74, 6) is 0.661. The topological polar surface area (TPSA) is 110 Å². The molecule has 0 radical (unpaired) electrons. The minimum Gasteiger partial charge on any atom is -0.455 e. The minimum atomic E-state index is -0.725. The number of primary amides is 1. The quantitative estimate of drug-likeness (QED) is 0.492. The highest BCUT2D eigenvalue weighted by Gasteiger charge is 2.28. The molecule has 0 fully saturated rings. The number of rotatable bonds is 3. The molecule has 0 saturated heterocycles. The summed E-state index contributed by atoms with van der Waals surface area (Å²) in [7, 11) is 0. The molecule has 25 heavy (non-hydrogen) atoms. The largest absolute Gasteiger partial charge is 0.455 e. The van der Waals surface area contributed by atoms with Gasteiger partial charge in [-0.3, -0.25) is 4.79 Å². The molecule has 3 rings (SSSR count). The van der Waals surface area contributed by atoms with E-state index in [9.17, 15) is 9.59 Å². The molecule has 0 bridgehead atoms. The van der Waals surface area contributed by atoms with Crippen LogP contribution in [0.5, 0.6) is 0 Å². The highest BCUT2D eigenvalue weighted by atomic mass is 127. The summed E-state index contributed by atoms with van der Waals surface area (Å²) in [5, 5.41) is 6.89. The molecule has 130 valence electrons. The van der Waals surface area contributed by atoms with Crippen molar-refractivity contribution in [2.45, 2.75) is 26.2 Å². The van der Waals surface area contributed by atoms with Gasteiger partial charge < -0.3 is 15.5 Å². The third kappa shape index (κ3) is 3.84. The van der Waals surface area contributed by atoms with Crippen LogP contribution in [-0.2, 0) is 6.42 Å². The molecular formula is C17H17IN4O3. The average Bonchev–Trinajstić information content (AvgIpc) is 2.93. The zero-order chi connectivity index (χ0) is 18.0. The lowest BCUT2D eigenvalue weighted by molar-refractivity contribution is 0.0994. The van der Waals surface area contributed by atoms with Crippen LogP contribution in [0, 0.1) is 10.5 Å². The summed E-state index contributed by atoms with van der Waals surface area (Å²) in [6.07, 6.45) is 2.24. The van der Waals surface area contributed by atoms with Crippen LogP contribution in [0.1, 0.15) is 40.3 Å². The van der Waals surface area contributed by atoms with Crippen molar-refractivity contribution >= 4 is 45.9 Å². The number of furan rings is 1. The molecule has 1 heterocycles. The Morgan fingerprint density at radius 2 is 1.96 bits per heavy atom. The van der Waals surface area contributed by atoms with Gasteiger partial charge in [-0.2, -0.15) is 5.10 Å². The molecule has 2 aromatic rings. The number of halogens is 1. The molecule has 8 heteroatoms. The lowest BCUT2D eigenvalue weighted by Gasteiger charge is -2.13. The number of fused-ring (bicyclic) bond motifs is 1. The number of nitrogens with one attached hydrogen (secondary N) is 2. The number of nitrogens with zero attached hydrogens (tertiary/aromatic N) is 1. The van der Waals surface area contributed by atoms with Crippen molar-refractivity contribution in [2.24, 2.45) is 10.8 Å². The number of hydrogen-bond donors (Lipinski definition) is 3. The van der Waals surface area contributed by atoms with Crippen LogP contribution < -0.4 is 16.5 Å². The first kappa shape index (κ1) is 17.5. The van der Waals surface area contributed by atoms with Crippen molar-refractivity contribution in [1.29, 1.82) is 0 Å². The van der Waals surface area contributed by atoms with E-state index in [0.717, 1.165) is 22.0 Å². The summed E-state index contributed by atoms with van der Waals surface area (Å²) in [4.78, 5) is 23.5. The fraction of sp³-hybridized carbons (Fsp3) is 0.235. The molecule has 7 nitrogen and oxygen atoms in total. The molecule has 1 aliphatic rings. The van der Waals surface area contributed by atoms with Gasteiger partial charge in [0.2, 0.25) is 0 Å². The average molecular weight is 452 g/mol. The minimum absolute atomic E-state index is 0.261. The van der Waals surface area contributed by atoms with Gasteiger partial charge in [0.25, 0.3) is 5.91 Å². The molecule has 0 aliphatic heterocycles. The van der Waals surface area contributed by atoms with Crippen LogP contribution in [0.2, 0.25) is 0 Å². The van der Waals surface area contributed by atoms with Gasteiger partial charge in [-0.25, -0.2) is 10.2 Å². The highest BCUT2D eigenvalue weighted by Crippen LogP contribution is 2.30. The van der Waals surface area contributed by atoms with Crippen LogP contribution in [0.4, 0.5) is 10.5 Å². The van der Waals surface area contributed by atoms with Gasteiger partial charge in [-0.05, 0) is 66.6 Å². The van der Waals surface area contributed by atoms with Crippen LogP contribution >= 0.6 is 22.6 Å². The van der Waals surface area contributed by atoms with Crippen molar-refractivity contribution in [2.75, 3.05) is 5.32 Å². The number of urea groups is 1. The second-order valence-corrected chi connectivity index (χ2v) is 6.95. The number of nitrogens with two attached hydrogens (primary N) is 1. The van der Waals surface area contributed by atoms with E-state index in [1.165, 1.54) is 0 Å². The maximum Gasteiger partial charge on any atom is 0.332 e. The van der Waals surface area contributed by atoms with Gasteiger partial charge in [0.05, 0.1) is 5.71 Å². The van der Waals surface area contributed by atoms with E-state index in [4.69, 9.17) is 10.2 Å². The Kier molecular flexibility index (Phi) is 5.07. The highest BCUT2D eigenvalue weighted by molar-refractivity contribution is 14.1. The normalized spacial score (nSPS) is 14.9. The van der Waals surface area contributed by atoms with Crippen LogP contribution in [-0.4, -0.2) is 17.6 Å². The standard InChI is InChI=1S/C17H17IN4O3/c1-9-14-12(21-22-17(19)24)3-2-4-13(14)25-15(9)16(23)20-11-7-5-10(18)6-8-11/h5-8H,2-4H2,1H3,(H,20,23)(H3,19,22,24)/b21-12+. The predicted molar refractivity (Wildman–Crippen MR) is 103 cm³/mol. The number of carbonyl (C=O) groups excluding carboxylic acids is 2. The maximum atomic E-state index is 12.6. The molecule has 0 spiro atoms. The van der Waals surface area contributed by atoms with Gasteiger partial charge in [0, 0.05) is 26.8 Å². The van der Waals surface area contributed by atoms with Gasteiger partial charge in [-0.15, -0.1) is 0 Å². The Balaban J connectivity index is 1.88. The SMILES string of the molecule is Cc1c(C(=O)Nc2ccc(I)cc2)oc2c1/C(=N/NC(N)=O)CCC2. The van der Waals surface area contributed by atoms with E-state index in [1.807, 2.05) is 31.2 Å². The summed E-state index contributed by atoms with van der Waals surface area (Å²) in [6.45, 7) is 1.82. The Morgan fingerprint density at radius 1 is 1.24 bits per heavy atom. The van der Waals surface area contributed by atoms with E-state index in [0.29, 0.717) is 29.1 Å². The third-order valence-corrected chi connectivity index (χ3v) is 4.65. The van der Waals surface area contributed by atoms with Crippen LogP contribution in [0.3, 0.4) is 0 Å². The van der Waals surface area contributed by atoms with E-state index in [2.05, 4.69) is 38.4 Å². The summed E-state index contributed by atoms with van der Waals surface area (Å²) in [5.41, 5.74) is 10.2. The van der Waals surface area contributed by atoms with Crippen molar-refractivity contribution < 1.29 is 14.0 Å². The monoisotopic (exact) mass is 452 g/mol. The molecule has 1 aromatic heterocycles. The molecular weight excluding hydrogens is 435 g/mol. The molecule has 4 N–H and O–H groups in total. The maximum absolute atomic E-state index is 12.6. The number of hydrazone groups is 1. The first-order valence-electron chi connectivity index (χ1n) is 7.77. The van der Waals surface area contributed by atoms with E-state index in [1.54, 1.807) is 0 Å². The predicted octanol–water partition coefficient (Wildman–Crippen LogP) is 3.15. The number of anilines is 1. The lowest BCUT2D eigenvalue weighted by atomic mass is 9.93. The first-order chi connectivity index (χ1) is 12.0. The molecule has 1 aliphatic carbocycles. The van der Waals surface area contributed by atoms with Crippen LogP contribution in [0.25, 0.3) is 0 Å². The van der Waals surface area contributed by atoms with E-state index < -0.39 is 6.03 Å². The second-order valence-electron chi connectivity index (χ2n) is 5.70. The van der Waals surface area contributed by atoms with Crippen LogP contribution in [0.15, 0.2) is 33.8 Å². The fourth-order valence-corrected chi connectivity index (χ4v) is 3.20. The zero-order valence-corrected chi connectivity index (χ0v) is 15.7. The Labute approximate surface area is 158 Å². The van der Waals surface area contributed by atoms with E-state index >= 15 is 0 Å². The Morgan fingerprint density at radius 3 is 2.64 bits per heavy atom. The fourth-order valence-electron chi connectivity index (χ4n) is 2.84. The zero-order valence-electron chi connectivity index (χ0n) is 13.6. The molecule has 0 atom stereocenters. The molecule has 3 amide bonds. The number of carbonyl (C=O) groups is 2. The molecule has 0 saturated carbocycles. The molecule has 0 unspecified atom stereocenters. The summed E-state index contributed by atoms with van der Waals surface area (Å²) < 4.78 is 6.88. The smallest absolute Gasteiger partial charge is 0.332 e. The van der Waals surface area contributed by atoms with Gasteiger partial charge >= 0.3 is 6.03 Å². The summed E-state index contributed by atoms with van der Waals surface area (Å²) in [6, 6.07) is 6.77. The van der Waals surface area contributed by atoms with Crippen molar-refractivity contribution in [3.05, 3.63) is 50.5 Å². The van der Waals surface area contributed by atoms with E-state index in [-0.39, 0.29) is 11.7 Å². The summed E-state index contributed by atoms with van der Waals surface area (Å²) >= 11 is 2.20.